The summed E-state index contributed by atoms with van der Waals surface area (Å²) in [6.07, 6.45) is 0. The van der Waals surface area contributed by atoms with Crippen molar-refractivity contribution in [3.63, 3.8) is 0 Å². The third-order valence-electron chi connectivity index (χ3n) is 2.07. The maximum Gasteiger partial charge on any atom is 0.0737 e. The Morgan fingerprint density at radius 1 is 1.73 bits per heavy atom. The fraction of sp³-hybridized carbons (Fsp3) is 1.00. The first kappa shape index (κ1) is 9.29. The molecule has 1 rings (SSSR count). The van der Waals surface area contributed by atoms with Gasteiger partial charge in [0.1, 0.15) is 0 Å². The second kappa shape index (κ2) is 4.28. The normalized spacial score (nSPS) is 34.9. The van der Waals surface area contributed by atoms with Crippen molar-refractivity contribution in [1.29, 1.82) is 0 Å². The van der Waals surface area contributed by atoms with E-state index in [4.69, 9.17) is 0 Å². The number of nitrogens with one attached hydrogen (secondary N) is 1. The van der Waals surface area contributed by atoms with Gasteiger partial charge in [0.2, 0.25) is 0 Å². The number of rotatable bonds is 3. The van der Waals surface area contributed by atoms with E-state index in [0.717, 1.165) is 25.4 Å². The molecule has 2 atom stereocenters. The maximum absolute atomic E-state index is 13.1. The van der Waals surface area contributed by atoms with E-state index < -0.39 is 11.3 Å². The van der Waals surface area contributed by atoms with Crippen molar-refractivity contribution < 1.29 is 3.89 Å². The first-order valence-corrected chi connectivity index (χ1v) is 5.57. The molecule has 1 saturated heterocycles. The largest absolute Gasteiger partial charge is 0.304 e. The Morgan fingerprint density at radius 2 is 2.45 bits per heavy atom. The first-order chi connectivity index (χ1) is 5.24. The van der Waals surface area contributed by atoms with E-state index in [9.17, 15) is 3.89 Å². The summed E-state index contributed by atoms with van der Waals surface area (Å²) in [4.78, 5) is 2.15. The Hall–Kier alpha value is 0.200. The van der Waals surface area contributed by atoms with Crippen molar-refractivity contribution >= 4 is 11.3 Å². The van der Waals surface area contributed by atoms with Crippen LogP contribution in [0, 0.1) is 0 Å². The Labute approximate surface area is 70.8 Å². The number of hydrogen-bond acceptors (Lipinski definition) is 2. The van der Waals surface area contributed by atoms with Gasteiger partial charge in [-0.15, -0.1) is 0 Å². The van der Waals surface area contributed by atoms with Gasteiger partial charge in [0, 0.05) is 18.8 Å². The summed E-state index contributed by atoms with van der Waals surface area (Å²) >= 11 is -1.22. The number of thiol groups is 1. The highest BCUT2D eigenvalue weighted by atomic mass is 32.2. The lowest BCUT2D eigenvalue weighted by molar-refractivity contribution is 0.341. The van der Waals surface area contributed by atoms with Crippen LogP contribution in [0.2, 0.25) is 0 Å². The zero-order valence-electron chi connectivity index (χ0n) is 7.18. The Balaban J connectivity index is 2.24. The minimum Gasteiger partial charge on any atom is -0.304 e. The zero-order valence-corrected chi connectivity index (χ0v) is 8.07. The predicted octanol–water partition coefficient (Wildman–Crippen LogP) is 0.753. The molecule has 1 aliphatic heterocycles. The average Bonchev–Trinajstić information content (AvgIpc) is 2.37. The Kier molecular flexibility index (Phi) is 3.62. The quantitative estimate of drug-likeness (QED) is 0.623. The van der Waals surface area contributed by atoms with E-state index in [2.05, 4.69) is 17.1 Å². The molecule has 0 aromatic rings. The highest BCUT2D eigenvalue weighted by Crippen LogP contribution is 2.34. The van der Waals surface area contributed by atoms with Crippen LogP contribution >= 0.6 is 11.3 Å². The van der Waals surface area contributed by atoms with Crippen LogP contribution in [0.5, 0.6) is 0 Å². The smallest absolute Gasteiger partial charge is 0.0737 e. The van der Waals surface area contributed by atoms with Gasteiger partial charge in [-0.05, 0) is 13.6 Å². The lowest BCUT2D eigenvalue weighted by Gasteiger charge is -2.21. The van der Waals surface area contributed by atoms with Crippen LogP contribution < -0.4 is 5.32 Å². The molecule has 1 heterocycles. The van der Waals surface area contributed by atoms with E-state index in [0.29, 0.717) is 0 Å². The molecule has 68 valence electrons. The van der Waals surface area contributed by atoms with Gasteiger partial charge in [0.15, 0.2) is 0 Å². The standard InChI is InChI=1S/C7H17FN2S/c1-3-10(2)6-7-9-4-5-11(7)8/h7,9,11H,3-6H2,1-2H3. The second-order valence-corrected chi connectivity index (χ2v) is 4.82. The molecule has 2 nitrogen and oxygen atoms in total. The molecule has 4 heteroatoms. The van der Waals surface area contributed by atoms with Crippen LogP contribution in [0.1, 0.15) is 6.92 Å². The molecule has 1 N–H and O–H groups in total. The second-order valence-electron chi connectivity index (χ2n) is 2.95. The van der Waals surface area contributed by atoms with Gasteiger partial charge in [-0.2, -0.15) is 3.89 Å². The molecule has 0 amide bonds. The molecule has 0 aromatic heterocycles. The third kappa shape index (κ3) is 2.61. The lowest BCUT2D eigenvalue weighted by Crippen LogP contribution is -2.34. The highest BCUT2D eigenvalue weighted by molar-refractivity contribution is 8.13. The van der Waals surface area contributed by atoms with Crippen molar-refractivity contribution in [2.24, 2.45) is 0 Å². The van der Waals surface area contributed by atoms with Crippen molar-refractivity contribution in [3.05, 3.63) is 0 Å². The highest BCUT2D eigenvalue weighted by Gasteiger charge is 2.23. The third-order valence-corrected chi connectivity index (χ3v) is 3.74. The van der Waals surface area contributed by atoms with E-state index in [1.54, 1.807) is 0 Å². The number of hydrogen-bond donors (Lipinski definition) is 2. The summed E-state index contributed by atoms with van der Waals surface area (Å²) in [7, 11) is 2.03. The van der Waals surface area contributed by atoms with Gasteiger partial charge in [0.25, 0.3) is 0 Å². The number of halogens is 1. The van der Waals surface area contributed by atoms with Crippen molar-refractivity contribution in [2.45, 2.75) is 12.3 Å². The molecule has 2 unspecified atom stereocenters. The van der Waals surface area contributed by atoms with E-state index in [1.165, 1.54) is 0 Å². The molecule has 0 radical (unpaired) electrons. The van der Waals surface area contributed by atoms with Gasteiger partial charge in [-0.1, -0.05) is 18.2 Å². The van der Waals surface area contributed by atoms with Crippen LogP contribution in [0.4, 0.5) is 3.89 Å². The number of nitrogens with zero attached hydrogens (tertiary/aromatic N) is 1. The van der Waals surface area contributed by atoms with Gasteiger partial charge < -0.3 is 10.2 Å². The van der Waals surface area contributed by atoms with Crippen molar-refractivity contribution in [1.82, 2.24) is 10.2 Å². The monoisotopic (exact) mass is 180 g/mol. The zero-order chi connectivity index (χ0) is 8.27. The van der Waals surface area contributed by atoms with Gasteiger partial charge >= 0.3 is 0 Å². The Morgan fingerprint density at radius 3 is 2.91 bits per heavy atom. The van der Waals surface area contributed by atoms with Gasteiger partial charge in [-0.3, -0.25) is 0 Å². The van der Waals surface area contributed by atoms with E-state index in [1.807, 2.05) is 7.05 Å². The first-order valence-electron chi connectivity index (χ1n) is 4.08. The predicted molar refractivity (Wildman–Crippen MR) is 49.9 cm³/mol. The molecule has 0 saturated carbocycles. The van der Waals surface area contributed by atoms with Crippen LogP contribution in [0.25, 0.3) is 0 Å². The summed E-state index contributed by atoms with van der Waals surface area (Å²) in [6.45, 7) is 4.82. The van der Waals surface area contributed by atoms with Crippen molar-refractivity contribution in [3.8, 4) is 0 Å². The van der Waals surface area contributed by atoms with Crippen LogP contribution in [0.3, 0.4) is 0 Å². The van der Waals surface area contributed by atoms with Gasteiger partial charge in [0.05, 0.1) is 5.37 Å². The Bertz CT molecular complexity index is 123. The molecule has 11 heavy (non-hydrogen) atoms. The molecular formula is C7H17FN2S. The van der Waals surface area contributed by atoms with Crippen molar-refractivity contribution in [2.75, 3.05) is 32.4 Å². The molecule has 0 bridgehead atoms. The maximum atomic E-state index is 13.1. The fourth-order valence-electron chi connectivity index (χ4n) is 1.17. The minimum atomic E-state index is -1.22. The average molecular weight is 180 g/mol. The summed E-state index contributed by atoms with van der Waals surface area (Å²) in [5.41, 5.74) is 0. The van der Waals surface area contributed by atoms with E-state index in [-0.39, 0.29) is 5.37 Å². The molecule has 1 fully saturated rings. The van der Waals surface area contributed by atoms with E-state index >= 15 is 0 Å². The SMILES string of the molecule is CCN(C)CC1NCC[SH]1F. The van der Waals surface area contributed by atoms with Crippen LogP contribution in [-0.4, -0.2) is 42.7 Å². The van der Waals surface area contributed by atoms with Gasteiger partial charge in [-0.25, -0.2) is 0 Å². The summed E-state index contributed by atoms with van der Waals surface area (Å²) in [6, 6.07) is 0. The molecule has 0 aromatic carbocycles. The van der Waals surface area contributed by atoms with Crippen LogP contribution in [-0.2, 0) is 0 Å². The lowest BCUT2D eigenvalue weighted by atomic mass is 10.5. The fourth-order valence-corrected chi connectivity index (χ4v) is 2.61. The molecular weight excluding hydrogens is 163 g/mol. The molecule has 0 aliphatic carbocycles. The minimum absolute atomic E-state index is 0.134. The molecule has 1 aliphatic rings. The summed E-state index contributed by atoms with van der Waals surface area (Å²) in [5, 5.41) is 3.32. The van der Waals surface area contributed by atoms with Crippen LogP contribution in [0.15, 0.2) is 0 Å². The molecule has 0 spiro atoms. The topological polar surface area (TPSA) is 15.3 Å². The summed E-state index contributed by atoms with van der Waals surface area (Å²) < 4.78 is 13.1. The summed E-state index contributed by atoms with van der Waals surface area (Å²) in [5.74, 6) is 0.748. The number of likely N-dealkylation sites (N-methyl/N-ethyl adjacent to an activating group) is 1.